The third-order valence-electron chi connectivity index (χ3n) is 4.20. The Labute approximate surface area is 136 Å². The van der Waals surface area contributed by atoms with Gasteiger partial charge in [-0.25, -0.2) is 13.4 Å². The van der Waals surface area contributed by atoms with Crippen LogP contribution in [0.5, 0.6) is 0 Å². The zero-order valence-corrected chi connectivity index (χ0v) is 13.6. The van der Waals surface area contributed by atoms with Gasteiger partial charge < -0.3 is 5.11 Å². The molecule has 0 amide bonds. The second-order valence-electron chi connectivity index (χ2n) is 5.61. The molecule has 1 aromatic heterocycles. The Balaban J connectivity index is 1.99. The molecule has 3 rings (SSSR count). The van der Waals surface area contributed by atoms with Crippen molar-refractivity contribution in [2.75, 3.05) is 13.2 Å². The molecule has 0 fully saturated rings. The summed E-state index contributed by atoms with van der Waals surface area (Å²) in [7, 11) is -3.69. The molecule has 0 spiro atoms. The molecule has 1 atom stereocenters. The Bertz CT molecular complexity index is 762. The van der Waals surface area contributed by atoms with E-state index in [0.29, 0.717) is 6.42 Å². The zero-order valence-electron chi connectivity index (χ0n) is 12.8. The number of pyridine rings is 1. The van der Waals surface area contributed by atoms with Crippen molar-refractivity contribution in [3.8, 4) is 0 Å². The molecule has 1 unspecified atom stereocenters. The maximum absolute atomic E-state index is 13.0. The summed E-state index contributed by atoms with van der Waals surface area (Å²) in [6.45, 7) is 0.247. The van der Waals surface area contributed by atoms with E-state index in [1.807, 2.05) is 24.3 Å². The number of aryl methyl sites for hydroxylation is 1. The maximum Gasteiger partial charge on any atom is 0.261 e. The normalized spacial score (nSPS) is 17.4. The number of aliphatic hydroxyl groups excluding tert-OH is 1. The molecule has 1 aromatic carbocycles. The van der Waals surface area contributed by atoms with Crippen LogP contribution in [0.15, 0.2) is 53.7 Å². The standard InChI is InChI=1S/C17H20N2O3S/c20-13-5-12-19(23(21,22)17-8-3-4-11-18-17)16-10-9-14-6-1-2-7-15(14)16/h1-4,6-8,11,16,20H,5,9-10,12-13H2. The van der Waals surface area contributed by atoms with Crippen LogP contribution < -0.4 is 0 Å². The van der Waals surface area contributed by atoms with Crippen LogP contribution in [0.1, 0.15) is 30.0 Å². The molecule has 0 saturated carbocycles. The highest BCUT2D eigenvalue weighted by molar-refractivity contribution is 7.89. The zero-order chi connectivity index (χ0) is 16.3. The van der Waals surface area contributed by atoms with Crippen LogP contribution in [-0.4, -0.2) is 36.0 Å². The smallest absolute Gasteiger partial charge is 0.261 e. The highest BCUT2D eigenvalue weighted by Gasteiger charge is 2.36. The van der Waals surface area contributed by atoms with Gasteiger partial charge in [-0.2, -0.15) is 4.31 Å². The molecule has 1 heterocycles. The van der Waals surface area contributed by atoms with Crippen molar-refractivity contribution in [3.05, 3.63) is 59.8 Å². The molecule has 5 nitrogen and oxygen atoms in total. The van der Waals surface area contributed by atoms with E-state index in [-0.39, 0.29) is 24.2 Å². The summed E-state index contributed by atoms with van der Waals surface area (Å²) in [5, 5.41) is 9.21. The van der Waals surface area contributed by atoms with Crippen molar-refractivity contribution in [2.24, 2.45) is 0 Å². The van der Waals surface area contributed by atoms with Crippen molar-refractivity contribution in [2.45, 2.75) is 30.3 Å². The van der Waals surface area contributed by atoms with Gasteiger partial charge in [0.15, 0.2) is 5.03 Å². The van der Waals surface area contributed by atoms with Gasteiger partial charge in [-0.3, -0.25) is 0 Å². The van der Waals surface area contributed by atoms with Gasteiger partial charge in [-0.15, -0.1) is 0 Å². The van der Waals surface area contributed by atoms with E-state index >= 15 is 0 Å². The first-order valence-corrected chi connectivity index (χ1v) is 9.20. The number of benzene rings is 1. The molecule has 0 aliphatic heterocycles. The Morgan fingerprint density at radius 2 is 1.96 bits per heavy atom. The van der Waals surface area contributed by atoms with Crippen molar-refractivity contribution in [1.29, 1.82) is 0 Å². The van der Waals surface area contributed by atoms with Gasteiger partial charge in [0.2, 0.25) is 0 Å². The topological polar surface area (TPSA) is 70.5 Å². The summed E-state index contributed by atoms with van der Waals surface area (Å²) >= 11 is 0. The minimum Gasteiger partial charge on any atom is -0.396 e. The molecule has 1 aliphatic rings. The quantitative estimate of drug-likeness (QED) is 0.880. The van der Waals surface area contributed by atoms with Crippen LogP contribution in [0.3, 0.4) is 0 Å². The third kappa shape index (κ3) is 3.15. The lowest BCUT2D eigenvalue weighted by molar-refractivity contribution is 0.249. The maximum atomic E-state index is 13.0. The molecule has 0 saturated heterocycles. The number of aromatic nitrogens is 1. The van der Waals surface area contributed by atoms with Gasteiger partial charge in [-0.1, -0.05) is 30.3 Å². The second kappa shape index (κ2) is 6.78. The first-order valence-electron chi connectivity index (χ1n) is 7.76. The van der Waals surface area contributed by atoms with Gasteiger partial charge in [0.1, 0.15) is 0 Å². The van der Waals surface area contributed by atoms with Crippen molar-refractivity contribution >= 4 is 10.0 Å². The average Bonchev–Trinajstić information content (AvgIpc) is 3.00. The lowest BCUT2D eigenvalue weighted by atomic mass is 10.1. The number of fused-ring (bicyclic) bond motifs is 1. The van der Waals surface area contributed by atoms with Crippen LogP contribution in [-0.2, 0) is 16.4 Å². The molecule has 0 bridgehead atoms. The summed E-state index contributed by atoms with van der Waals surface area (Å²) in [5.41, 5.74) is 2.26. The fraction of sp³-hybridized carbons (Fsp3) is 0.353. The van der Waals surface area contributed by atoms with Crippen molar-refractivity contribution in [3.63, 3.8) is 0 Å². The van der Waals surface area contributed by atoms with E-state index in [2.05, 4.69) is 4.98 Å². The van der Waals surface area contributed by atoms with E-state index in [1.54, 1.807) is 12.1 Å². The second-order valence-corrected chi connectivity index (χ2v) is 7.45. The van der Waals surface area contributed by atoms with Crippen LogP contribution in [0.4, 0.5) is 0 Å². The molecule has 1 N–H and O–H groups in total. The van der Waals surface area contributed by atoms with Gasteiger partial charge in [0.25, 0.3) is 10.0 Å². The van der Waals surface area contributed by atoms with E-state index < -0.39 is 10.0 Å². The number of hydrogen-bond donors (Lipinski definition) is 1. The lowest BCUT2D eigenvalue weighted by Gasteiger charge is -2.28. The van der Waals surface area contributed by atoms with E-state index in [4.69, 9.17) is 5.11 Å². The van der Waals surface area contributed by atoms with Gasteiger partial charge in [0, 0.05) is 19.3 Å². The van der Waals surface area contributed by atoms with Crippen LogP contribution in [0.2, 0.25) is 0 Å². The Morgan fingerprint density at radius 1 is 1.17 bits per heavy atom. The molecule has 1 aliphatic carbocycles. The highest BCUT2D eigenvalue weighted by Crippen LogP contribution is 2.38. The fourth-order valence-electron chi connectivity index (χ4n) is 3.12. The Kier molecular flexibility index (Phi) is 4.75. The summed E-state index contributed by atoms with van der Waals surface area (Å²) < 4.78 is 27.5. The fourth-order valence-corrected chi connectivity index (χ4v) is 4.73. The molecular formula is C17H20N2O3S. The third-order valence-corrected chi connectivity index (χ3v) is 6.02. The average molecular weight is 332 g/mol. The number of sulfonamides is 1. The Hall–Kier alpha value is -1.76. The van der Waals surface area contributed by atoms with Crippen LogP contribution in [0, 0.1) is 0 Å². The van der Waals surface area contributed by atoms with Gasteiger partial charge >= 0.3 is 0 Å². The van der Waals surface area contributed by atoms with E-state index in [1.165, 1.54) is 22.1 Å². The summed E-state index contributed by atoms with van der Waals surface area (Å²) in [5.74, 6) is 0. The highest BCUT2D eigenvalue weighted by atomic mass is 32.2. The van der Waals surface area contributed by atoms with Crippen LogP contribution >= 0.6 is 0 Å². The summed E-state index contributed by atoms with van der Waals surface area (Å²) in [6.07, 6.45) is 3.52. The van der Waals surface area contributed by atoms with E-state index in [9.17, 15) is 8.42 Å². The summed E-state index contributed by atoms with van der Waals surface area (Å²) in [6, 6.07) is 12.7. The SMILES string of the molecule is O=S(=O)(c1ccccn1)N(CCCO)C1CCc2ccccc21. The summed E-state index contributed by atoms with van der Waals surface area (Å²) in [4.78, 5) is 4.01. The van der Waals surface area contributed by atoms with Crippen molar-refractivity contribution in [1.82, 2.24) is 9.29 Å². The minimum atomic E-state index is -3.69. The first-order chi connectivity index (χ1) is 11.1. The van der Waals surface area contributed by atoms with Gasteiger partial charge in [0.05, 0.1) is 6.04 Å². The molecule has 6 heteroatoms. The minimum absolute atomic E-state index is 0.0391. The molecule has 23 heavy (non-hydrogen) atoms. The molecule has 122 valence electrons. The first kappa shape index (κ1) is 16.1. The molecule has 0 radical (unpaired) electrons. The van der Waals surface area contributed by atoms with Gasteiger partial charge in [-0.05, 0) is 42.5 Å². The Morgan fingerprint density at radius 3 is 2.70 bits per heavy atom. The predicted octanol–water partition coefficient (Wildman–Crippen LogP) is 2.14. The number of rotatable bonds is 6. The molecule has 2 aromatic rings. The molecular weight excluding hydrogens is 312 g/mol. The van der Waals surface area contributed by atoms with Crippen LogP contribution in [0.25, 0.3) is 0 Å². The monoisotopic (exact) mass is 332 g/mol. The number of hydrogen-bond acceptors (Lipinski definition) is 4. The van der Waals surface area contributed by atoms with E-state index in [0.717, 1.165) is 18.4 Å². The number of aliphatic hydroxyl groups is 1. The number of nitrogens with zero attached hydrogens (tertiary/aromatic N) is 2. The predicted molar refractivity (Wildman–Crippen MR) is 87.3 cm³/mol. The lowest BCUT2D eigenvalue weighted by Crippen LogP contribution is -2.35. The largest absolute Gasteiger partial charge is 0.396 e. The van der Waals surface area contributed by atoms with Crippen molar-refractivity contribution < 1.29 is 13.5 Å².